The smallest absolute Gasteiger partial charge is 0.0941 e. The standard InChI is InChI=1S/C8H13N3O2/c9-11-10-5-7-1-2-8(13-7)3-4-12-6-8/h7H,1-6H2/t7-,8-/m0/s1. The fourth-order valence-corrected chi connectivity index (χ4v) is 2.03. The van der Waals surface area contributed by atoms with Crippen LogP contribution in [0.4, 0.5) is 0 Å². The fourth-order valence-electron chi connectivity index (χ4n) is 2.03. The summed E-state index contributed by atoms with van der Waals surface area (Å²) in [6.07, 6.45) is 3.12. The summed E-state index contributed by atoms with van der Waals surface area (Å²) >= 11 is 0. The van der Waals surface area contributed by atoms with E-state index >= 15 is 0 Å². The molecule has 5 heteroatoms. The molecule has 0 unspecified atom stereocenters. The van der Waals surface area contributed by atoms with Gasteiger partial charge in [-0.2, -0.15) is 0 Å². The Labute approximate surface area is 76.6 Å². The first-order valence-electron chi connectivity index (χ1n) is 4.61. The molecule has 13 heavy (non-hydrogen) atoms. The molecule has 2 rings (SSSR count). The van der Waals surface area contributed by atoms with Gasteiger partial charge in [-0.05, 0) is 18.4 Å². The van der Waals surface area contributed by atoms with Crippen molar-refractivity contribution in [1.82, 2.24) is 0 Å². The molecule has 5 nitrogen and oxygen atoms in total. The summed E-state index contributed by atoms with van der Waals surface area (Å²) in [4.78, 5) is 2.73. The largest absolute Gasteiger partial charge is 0.378 e. The minimum Gasteiger partial charge on any atom is -0.378 e. The van der Waals surface area contributed by atoms with E-state index in [0.717, 1.165) is 25.9 Å². The van der Waals surface area contributed by atoms with Crippen molar-refractivity contribution in [1.29, 1.82) is 0 Å². The van der Waals surface area contributed by atoms with E-state index in [4.69, 9.17) is 15.0 Å². The summed E-state index contributed by atoms with van der Waals surface area (Å²) in [6.45, 7) is 1.96. The molecule has 0 aliphatic carbocycles. The predicted molar refractivity (Wildman–Crippen MR) is 46.3 cm³/mol. The molecule has 2 aliphatic heterocycles. The van der Waals surface area contributed by atoms with Crippen LogP contribution < -0.4 is 0 Å². The lowest BCUT2D eigenvalue weighted by Gasteiger charge is -2.21. The Hall–Kier alpha value is -0.770. The van der Waals surface area contributed by atoms with Crippen LogP contribution in [0.2, 0.25) is 0 Å². The lowest BCUT2D eigenvalue weighted by atomic mass is 9.99. The molecule has 2 saturated heterocycles. The molecule has 2 heterocycles. The van der Waals surface area contributed by atoms with Crippen molar-refractivity contribution in [2.75, 3.05) is 19.8 Å². The van der Waals surface area contributed by atoms with Crippen molar-refractivity contribution in [2.24, 2.45) is 5.11 Å². The first-order valence-corrected chi connectivity index (χ1v) is 4.61. The maximum absolute atomic E-state index is 8.16. The van der Waals surface area contributed by atoms with Crippen LogP contribution in [0.1, 0.15) is 19.3 Å². The maximum Gasteiger partial charge on any atom is 0.0941 e. The van der Waals surface area contributed by atoms with Gasteiger partial charge in [0.05, 0.1) is 24.9 Å². The molecular formula is C8H13N3O2. The molecule has 0 aromatic rings. The van der Waals surface area contributed by atoms with Gasteiger partial charge in [-0.1, -0.05) is 5.11 Å². The predicted octanol–water partition coefficient (Wildman–Crippen LogP) is 1.63. The number of azide groups is 1. The summed E-state index contributed by atoms with van der Waals surface area (Å²) < 4.78 is 11.1. The van der Waals surface area contributed by atoms with Crippen LogP contribution in [0.3, 0.4) is 0 Å². The molecule has 0 amide bonds. The number of hydrogen-bond donors (Lipinski definition) is 0. The summed E-state index contributed by atoms with van der Waals surface area (Å²) in [7, 11) is 0. The third-order valence-electron chi connectivity index (χ3n) is 2.75. The summed E-state index contributed by atoms with van der Waals surface area (Å²) in [5.41, 5.74) is 8.12. The summed E-state index contributed by atoms with van der Waals surface area (Å²) in [6, 6.07) is 0. The Morgan fingerprint density at radius 2 is 2.46 bits per heavy atom. The van der Waals surface area contributed by atoms with Crippen molar-refractivity contribution in [3.63, 3.8) is 0 Å². The van der Waals surface area contributed by atoms with Crippen LogP contribution in [0.5, 0.6) is 0 Å². The molecule has 0 radical (unpaired) electrons. The van der Waals surface area contributed by atoms with E-state index in [0.29, 0.717) is 13.2 Å². The van der Waals surface area contributed by atoms with Gasteiger partial charge in [-0.25, -0.2) is 0 Å². The van der Waals surface area contributed by atoms with Crippen LogP contribution in [0, 0.1) is 0 Å². The fraction of sp³-hybridized carbons (Fsp3) is 1.00. The lowest BCUT2D eigenvalue weighted by molar-refractivity contribution is -0.0406. The molecule has 0 bridgehead atoms. The molecule has 72 valence electrons. The van der Waals surface area contributed by atoms with Crippen molar-refractivity contribution in [2.45, 2.75) is 31.0 Å². The highest BCUT2D eigenvalue weighted by Gasteiger charge is 2.42. The number of ether oxygens (including phenoxy) is 2. The average Bonchev–Trinajstić information content (AvgIpc) is 2.74. The molecule has 0 N–H and O–H groups in total. The van der Waals surface area contributed by atoms with Crippen molar-refractivity contribution >= 4 is 0 Å². The molecule has 0 aromatic heterocycles. The Morgan fingerprint density at radius 3 is 3.15 bits per heavy atom. The zero-order valence-corrected chi connectivity index (χ0v) is 7.48. The number of nitrogens with zero attached hydrogens (tertiary/aromatic N) is 3. The molecule has 0 aromatic carbocycles. The zero-order valence-electron chi connectivity index (χ0n) is 7.48. The van der Waals surface area contributed by atoms with Crippen molar-refractivity contribution < 1.29 is 9.47 Å². The van der Waals surface area contributed by atoms with Crippen molar-refractivity contribution in [3.8, 4) is 0 Å². The highest BCUT2D eigenvalue weighted by molar-refractivity contribution is 4.92. The van der Waals surface area contributed by atoms with E-state index in [2.05, 4.69) is 10.0 Å². The van der Waals surface area contributed by atoms with Gasteiger partial charge in [0.15, 0.2) is 0 Å². The summed E-state index contributed by atoms with van der Waals surface area (Å²) in [5.74, 6) is 0. The van der Waals surface area contributed by atoms with Gasteiger partial charge in [0.25, 0.3) is 0 Å². The maximum atomic E-state index is 8.16. The van der Waals surface area contributed by atoms with Gasteiger partial charge in [-0.15, -0.1) is 0 Å². The van der Waals surface area contributed by atoms with E-state index in [1.54, 1.807) is 0 Å². The molecule has 1 spiro atoms. The van der Waals surface area contributed by atoms with Crippen molar-refractivity contribution in [3.05, 3.63) is 10.4 Å². The van der Waals surface area contributed by atoms with E-state index in [9.17, 15) is 0 Å². The second kappa shape index (κ2) is 3.54. The Kier molecular flexibility index (Phi) is 2.40. The van der Waals surface area contributed by atoms with Crippen LogP contribution in [0.15, 0.2) is 5.11 Å². The third kappa shape index (κ3) is 1.77. The van der Waals surface area contributed by atoms with Gasteiger partial charge < -0.3 is 9.47 Å². The number of hydrogen-bond acceptors (Lipinski definition) is 3. The van der Waals surface area contributed by atoms with Gasteiger partial charge in [0, 0.05) is 17.9 Å². The molecule has 2 fully saturated rings. The van der Waals surface area contributed by atoms with Gasteiger partial charge in [0.2, 0.25) is 0 Å². The summed E-state index contributed by atoms with van der Waals surface area (Å²) in [5, 5.41) is 3.52. The topological polar surface area (TPSA) is 67.2 Å². The van der Waals surface area contributed by atoms with Crippen LogP contribution in [-0.2, 0) is 9.47 Å². The number of rotatable bonds is 2. The Balaban J connectivity index is 1.89. The van der Waals surface area contributed by atoms with Gasteiger partial charge >= 0.3 is 0 Å². The minimum atomic E-state index is -0.0460. The van der Waals surface area contributed by atoms with Crippen LogP contribution >= 0.6 is 0 Å². The van der Waals surface area contributed by atoms with E-state index in [1.807, 2.05) is 0 Å². The average molecular weight is 183 g/mol. The minimum absolute atomic E-state index is 0.0460. The zero-order chi connectivity index (χ0) is 9.15. The Bertz CT molecular complexity index is 232. The lowest BCUT2D eigenvalue weighted by Crippen LogP contribution is -2.29. The van der Waals surface area contributed by atoms with Crippen LogP contribution in [0.25, 0.3) is 10.4 Å². The van der Waals surface area contributed by atoms with Gasteiger partial charge in [0.1, 0.15) is 0 Å². The quantitative estimate of drug-likeness (QED) is 0.371. The highest BCUT2D eigenvalue weighted by Crippen LogP contribution is 2.36. The Morgan fingerprint density at radius 1 is 1.54 bits per heavy atom. The molecule has 2 aliphatic rings. The van der Waals surface area contributed by atoms with E-state index < -0.39 is 0 Å². The molecule has 2 atom stereocenters. The van der Waals surface area contributed by atoms with Gasteiger partial charge in [-0.3, -0.25) is 0 Å². The van der Waals surface area contributed by atoms with Crippen LogP contribution in [-0.4, -0.2) is 31.5 Å². The first kappa shape index (κ1) is 8.81. The second-order valence-corrected chi connectivity index (χ2v) is 3.68. The normalized spacial score (nSPS) is 38.0. The molecule has 0 saturated carbocycles. The SMILES string of the molecule is [N-]=[N+]=NC[C@@H]1CC[C@@]2(CCOC2)O1. The van der Waals surface area contributed by atoms with E-state index in [-0.39, 0.29) is 11.7 Å². The monoisotopic (exact) mass is 183 g/mol. The first-order chi connectivity index (χ1) is 6.35. The second-order valence-electron chi connectivity index (χ2n) is 3.68. The van der Waals surface area contributed by atoms with E-state index in [1.165, 1.54) is 0 Å². The third-order valence-corrected chi connectivity index (χ3v) is 2.75. The molecular weight excluding hydrogens is 170 g/mol. The highest BCUT2D eigenvalue weighted by atomic mass is 16.6.